The number of carboxylic acids is 1. The first-order chi connectivity index (χ1) is 23.4. The summed E-state index contributed by atoms with van der Waals surface area (Å²) < 4.78 is 14.1. The van der Waals surface area contributed by atoms with Gasteiger partial charge in [-0.1, -0.05) is 57.0 Å². The molecule has 3 aromatic rings. The number of halogens is 1. The summed E-state index contributed by atoms with van der Waals surface area (Å²) in [6.07, 6.45) is 7.13. The van der Waals surface area contributed by atoms with Crippen LogP contribution in [0.4, 0.5) is 14.9 Å². The Balaban J connectivity index is 1.64. The molecule has 4 rings (SSSR count). The van der Waals surface area contributed by atoms with Crippen molar-refractivity contribution < 1.29 is 29.3 Å². The van der Waals surface area contributed by atoms with Gasteiger partial charge in [0, 0.05) is 29.8 Å². The van der Waals surface area contributed by atoms with E-state index >= 15 is 0 Å². The number of carbonyl (C=O) groups excluding carboxylic acids is 1. The van der Waals surface area contributed by atoms with Gasteiger partial charge in [0.1, 0.15) is 5.82 Å². The van der Waals surface area contributed by atoms with E-state index in [1.54, 1.807) is 24.3 Å². The summed E-state index contributed by atoms with van der Waals surface area (Å²) in [6.45, 7) is 5.78. The number of aliphatic carboxylic acids is 1. The van der Waals surface area contributed by atoms with Gasteiger partial charge in [-0.05, 0) is 105 Å². The molecule has 1 aliphatic carbocycles. The highest BCUT2D eigenvalue weighted by Crippen LogP contribution is 2.42. The molecule has 5 N–H and O–H groups in total. The van der Waals surface area contributed by atoms with Crippen LogP contribution < -0.4 is 10.6 Å². The molecule has 9 nitrogen and oxygen atoms in total. The van der Waals surface area contributed by atoms with Crippen LogP contribution in [0.2, 0.25) is 0 Å². The molecule has 0 fully saturated rings. The number of benzene rings is 2. The maximum Gasteiger partial charge on any atom is 0.319 e. The summed E-state index contributed by atoms with van der Waals surface area (Å²) in [5, 5.41) is 35.7. The third-order valence-corrected chi connectivity index (χ3v) is 8.76. The minimum atomic E-state index is -1.19. The standard InChI is InChI=1S/C39H51FN4O5/c1-25(2)37-34(19-17-30(45)23-31(46)24-35(47)48)36(26-12-14-28(40)15-13-26)33-11-9-10-27-22-29(16-18-32(27)38(33)43-37)42-39(49)41-20-7-5-6-8-21-44(3)4/h12-19,22,25,30-31,45-46H,5-11,20-21,23-24H2,1-4H3,(H,47,48)(H2,41,42,49)/t30-,31-/m1/s1. The van der Waals surface area contributed by atoms with Gasteiger partial charge in [0.25, 0.3) is 0 Å². The minimum Gasteiger partial charge on any atom is -0.481 e. The molecule has 0 spiro atoms. The molecule has 0 saturated heterocycles. The van der Waals surface area contributed by atoms with Crippen molar-refractivity contribution in [2.45, 2.75) is 89.8 Å². The van der Waals surface area contributed by atoms with Gasteiger partial charge in [-0.2, -0.15) is 0 Å². The number of unbranched alkanes of at least 4 members (excludes halogenated alkanes) is 3. The van der Waals surface area contributed by atoms with Crippen molar-refractivity contribution in [2.24, 2.45) is 0 Å². The lowest BCUT2D eigenvalue weighted by atomic mass is 9.86. The van der Waals surface area contributed by atoms with Crippen LogP contribution in [0.5, 0.6) is 0 Å². The van der Waals surface area contributed by atoms with Gasteiger partial charge in [0.15, 0.2) is 0 Å². The van der Waals surface area contributed by atoms with Gasteiger partial charge in [-0.25, -0.2) is 9.18 Å². The summed E-state index contributed by atoms with van der Waals surface area (Å²) in [6, 6.07) is 12.1. The maximum absolute atomic E-state index is 14.1. The summed E-state index contributed by atoms with van der Waals surface area (Å²) in [5.41, 5.74) is 7.94. The highest BCUT2D eigenvalue weighted by Gasteiger charge is 2.26. The Bertz CT molecular complexity index is 1610. The molecule has 0 saturated carbocycles. The number of aliphatic hydroxyl groups excluding tert-OH is 2. The number of anilines is 1. The highest BCUT2D eigenvalue weighted by atomic mass is 19.1. The summed E-state index contributed by atoms with van der Waals surface area (Å²) in [7, 11) is 4.15. The van der Waals surface area contributed by atoms with Crippen LogP contribution >= 0.6 is 0 Å². The molecular weight excluding hydrogens is 623 g/mol. The number of fused-ring (bicyclic) bond motifs is 3. The van der Waals surface area contributed by atoms with Crippen molar-refractivity contribution in [3.05, 3.63) is 76.7 Å². The molecular formula is C39H51FN4O5. The number of rotatable bonds is 16. The number of carboxylic acid groups (broad SMARTS) is 1. The van der Waals surface area contributed by atoms with Crippen LogP contribution in [0.3, 0.4) is 0 Å². The SMILES string of the molecule is CC(C)c1nc2c(c(-c3ccc(F)cc3)c1C=C[C@@H](O)C[C@@H](O)CC(=O)O)CCCc1cc(NC(=O)NCCCCCCN(C)C)ccc1-2. The molecule has 1 heterocycles. The Morgan fingerprint density at radius 3 is 2.45 bits per heavy atom. The number of pyridine rings is 1. The monoisotopic (exact) mass is 674 g/mol. The largest absolute Gasteiger partial charge is 0.481 e. The average Bonchev–Trinajstić information content (AvgIpc) is 3.21. The van der Waals surface area contributed by atoms with E-state index in [0.29, 0.717) is 18.7 Å². The lowest BCUT2D eigenvalue weighted by Crippen LogP contribution is -2.29. The number of nitrogens with one attached hydrogen (secondary N) is 2. The molecule has 2 atom stereocenters. The summed E-state index contributed by atoms with van der Waals surface area (Å²) in [4.78, 5) is 31.1. The topological polar surface area (TPSA) is 135 Å². The molecule has 10 heteroatoms. The number of amides is 2. The lowest BCUT2D eigenvalue weighted by molar-refractivity contribution is -0.139. The molecule has 1 aromatic heterocycles. The van der Waals surface area contributed by atoms with E-state index in [4.69, 9.17) is 10.1 Å². The first kappa shape index (κ1) is 37.7. The quantitative estimate of drug-likeness (QED) is 0.103. The molecule has 1 aliphatic rings. The van der Waals surface area contributed by atoms with Crippen molar-refractivity contribution in [1.29, 1.82) is 0 Å². The Labute approximate surface area is 289 Å². The lowest BCUT2D eigenvalue weighted by Gasteiger charge is -2.22. The van der Waals surface area contributed by atoms with Gasteiger partial charge >= 0.3 is 12.0 Å². The van der Waals surface area contributed by atoms with Gasteiger partial charge in [0.05, 0.1) is 30.0 Å². The van der Waals surface area contributed by atoms with E-state index < -0.39 is 24.6 Å². The predicted octanol–water partition coefficient (Wildman–Crippen LogP) is 7.01. The number of nitrogens with zero attached hydrogens (tertiary/aromatic N) is 2. The van der Waals surface area contributed by atoms with E-state index in [1.807, 2.05) is 32.0 Å². The summed E-state index contributed by atoms with van der Waals surface area (Å²) in [5.74, 6) is -1.49. The molecule has 0 unspecified atom stereocenters. The van der Waals surface area contributed by atoms with Crippen LogP contribution in [0, 0.1) is 5.82 Å². The number of carbonyl (C=O) groups is 2. The smallest absolute Gasteiger partial charge is 0.319 e. The molecule has 0 radical (unpaired) electrons. The predicted molar refractivity (Wildman–Crippen MR) is 193 cm³/mol. The second-order valence-electron chi connectivity index (χ2n) is 13.5. The Kier molecular flexibility index (Phi) is 13.9. The maximum atomic E-state index is 14.1. The first-order valence-electron chi connectivity index (χ1n) is 17.3. The number of urea groups is 1. The third kappa shape index (κ3) is 10.9. The first-order valence-corrected chi connectivity index (χ1v) is 17.3. The van der Waals surface area contributed by atoms with Gasteiger partial charge in [-0.3, -0.25) is 9.78 Å². The molecule has 0 bridgehead atoms. The van der Waals surface area contributed by atoms with Gasteiger partial charge in [0.2, 0.25) is 0 Å². The second kappa shape index (κ2) is 18.0. The molecule has 2 amide bonds. The number of aromatic nitrogens is 1. The van der Waals surface area contributed by atoms with Gasteiger partial charge < -0.3 is 30.9 Å². The molecule has 2 aromatic carbocycles. The molecule has 49 heavy (non-hydrogen) atoms. The third-order valence-electron chi connectivity index (χ3n) is 8.76. The number of hydrogen-bond acceptors (Lipinski definition) is 6. The number of aryl methyl sites for hydroxylation is 1. The number of aliphatic hydroxyl groups is 2. The fourth-order valence-corrected chi connectivity index (χ4v) is 6.38. The Morgan fingerprint density at radius 1 is 1.02 bits per heavy atom. The normalized spacial score (nSPS) is 14.0. The van der Waals surface area contributed by atoms with E-state index in [0.717, 1.165) is 89.8 Å². The number of hydrogen-bond donors (Lipinski definition) is 5. The van der Waals surface area contributed by atoms with Crippen LogP contribution in [0.1, 0.15) is 87.1 Å². The van der Waals surface area contributed by atoms with E-state index in [-0.39, 0.29) is 24.2 Å². The van der Waals surface area contributed by atoms with Crippen LogP contribution in [-0.4, -0.2) is 76.6 Å². The fourth-order valence-electron chi connectivity index (χ4n) is 6.38. The van der Waals surface area contributed by atoms with E-state index in [9.17, 15) is 24.2 Å². The second-order valence-corrected chi connectivity index (χ2v) is 13.5. The van der Waals surface area contributed by atoms with Crippen molar-refractivity contribution in [1.82, 2.24) is 15.2 Å². The van der Waals surface area contributed by atoms with Crippen molar-refractivity contribution >= 4 is 23.8 Å². The van der Waals surface area contributed by atoms with Crippen molar-refractivity contribution in [3.63, 3.8) is 0 Å². The van der Waals surface area contributed by atoms with Crippen LogP contribution in [0.15, 0.2) is 48.5 Å². The van der Waals surface area contributed by atoms with Crippen molar-refractivity contribution in [3.8, 4) is 22.4 Å². The zero-order valence-electron chi connectivity index (χ0n) is 29.1. The van der Waals surface area contributed by atoms with Crippen LogP contribution in [0.25, 0.3) is 28.5 Å². The van der Waals surface area contributed by atoms with Crippen molar-refractivity contribution in [2.75, 3.05) is 32.5 Å². The van der Waals surface area contributed by atoms with E-state index in [1.165, 1.54) is 12.1 Å². The molecule has 264 valence electrons. The summed E-state index contributed by atoms with van der Waals surface area (Å²) >= 11 is 0. The minimum absolute atomic E-state index is 0.0109. The van der Waals surface area contributed by atoms with Gasteiger partial charge in [-0.15, -0.1) is 0 Å². The van der Waals surface area contributed by atoms with E-state index in [2.05, 4.69) is 29.6 Å². The Hall–Kier alpha value is -4.12. The average molecular weight is 675 g/mol. The fraction of sp³-hybridized carbons (Fsp3) is 0.462. The molecule has 0 aliphatic heterocycles. The van der Waals surface area contributed by atoms with Crippen LogP contribution in [-0.2, 0) is 17.6 Å². The Morgan fingerprint density at radius 2 is 1.76 bits per heavy atom. The zero-order chi connectivity index (χ0) is 35.5. The highest BCUT2D eigenvalue weighted by molar-refractivity contribution is 5.91. The zero-order valence-corrected chi connectivity index (χ0v) is 29.1.